The molecule has 13 nitrogen and oxygen atoms in total. The number of anilines is 1. The summed E-state index contributed by atoms with van der Waals surface area (Å²) in [7, 11) is 1.27. The van der Waals surface area contributed by atoms with Crippen molar-refractivity contribution in [2.45, 2.75) is 38.2 Å². The van der Waals surface area contributed by atoms with Crippen LogP contribution >= 0.6 is 34.4 Å². The largest absolute Gasteiger partial charge is 0.543 e. The zero-order valence-electron chi connectivity index (χ0n) is 20.6. The molecule has 0 unspecified atom stereocenters. The van der Waals surface area contributed by atoms with Gasteiger partial charge in [0.15, 0.2) is 23.1 Å². The maximum Gasteiger partial charge on any atom is 0.302 e. The summed E-state index contributed by atoms with van der Waals surface area (Å²) in [5.74, 6) is -2.78. The molecule has 0 aromatic carbocycles. The number of β-lactam (4-membered cyclic amide) rings is 1. The lowest BCUT2D eigenvalue weighted by atomic mass is 10.0. The Kier molecular flexibility index (Phi) is 8.32. The topological polar surface area (TPSA) is 180 Å². The first kappa shape index (κ1) is 27.5. The normalized spacial score (nSPS) is 19.1. The van der Waals surface area contributed by atoms with Gasteiger partial charge in [-0.1, -0.05) is 16.5 Å². The highest BCUT2D eigenvalue weighted by Crippen LogP contribution is 2.40. The van der Waals surface area contributed by atoms with E-state index in [2.05, 4.69) is 15.5 Å². The third-order valence-electron chi connectivity index (χ3n) is 5.84. The molecule has 2 aliphatic rings. The van der Waals surface area contributed by atoms with E-state index >= 15 is 0 Å². The molecule has 1 fully saturated rings. The minimum atomic E-state index is -1.47. The Balaban J connectivity index is 1.49. The van der Waals surface area contributed by atoms with Gasteiger partial charge < -0.3 is 30.5 Å². The molecule has 16 heteroatoms. The molecule has 1 saturated heterocycles. The third-order valence-corrected chi connectivity index (χ3v) is 9.00. The average molecular weight is 581 g/mol. The van der Waals surface area contributed by atoms with E-state index in [9.17, 15) is 24.3 Å². The fourth-order valence-electron chi connectivity index (χ4n) is 4.04. The van der Waals surface area contributed by atoms with Crippen LogP contribution in [-0.4, -0.2) is 70.2 Å². The van der Waals surface area contributed by atoms with Crippen LogP contribution < -0.4 is 20.7 Å². The van der Waals surface area contributed by atoms with Crippen molar-refractivity contribution < 1.29 is 38.4 Å². The van der Waals surface area contributed by atoms with E-state index in [0.717, 1.165) is 26.8 Å². The molecule has 38 heavy (non-hydrogen) atoms. The highest BCUT2D eigenvalue weighted by molar-refractivity contribution is 8.00. The number of nitrogens with one attached hydrogen (secondary N) is 1. The number of thioether (sulfide) groups is 1. The number of amides is 2. The number of carboxylic acids is 1. The molecule has 4 rings (SSSR count). The minimum absolute atomic E-state index is 0.155. The number of nitrogens with zero attached hydrogens (tertiary/aromatic N) is 4. The molecular formula is C22H24N6O7S3. The summed E-state index contributed by atoms with van der Waals surface area (Å²) in [6.45, 7) is 3.74. The van der Waals surface area contributed by atoms with Gasteiger partial charge >= 0.3 is 5.97 Å². The van der Waals surface area contributed by atoms with Crippen LogP contribution in [0.3, 0.4) is 0 Å². The molecule has 0 spiro atoms. The molecular weight excluding hydrogens is 556 g/mol. The summed E-state index contributed by atoms with van der Waals surface area (Å²) < 4.78 is 6.90. The number of carboxylic acid groups (broad SMARTS) is 1. The Labute approximate surface area is 229 Å². The number of nitrogens with two attached hydrogens (primary N) is 1. The number of nitrogen functional groups attached to an aromatic ring is 1. The zero-order valence-corrected chi connectivity index (χ0v) is 23.0. The quantitative estimate of drug-likeness (QED) is 0.116. The number of aromatic nitrogens is 2. The maximum absolute atomic E-state index is 13.0. The van der Waals surface area contributed by atoms with E-state index in [4.69, 9.17) is 15.3 Å². The molecule has 4 heterocycles. The average Bonchev–Trinajstić information content (AvgIpc) is 3.45. The first-order valence-electron chi connectivity index (χ1n) is 11.2. The van der Waals surface area contributed by atoms with E-state index in [0.29, 0.717) is 17.7 Å². The lowest BCUT2D eigenvalue weighted by Crippen LogP contribution is -2.71. The summed E-state index contributed by atoms with van der Waals surface area (Å²) in [6, 6.07) is -0.968. The van der Waals surface area contributed by atoms with Crippen LogP contribution in [0.15, 0.2) is 27.3 Å². The number of hydrogen-bond donors (Lipinski definition) is 2. The Morgan fingerprint density at radius 3 is 2.76 bits per heavy atom. The number of carbonyl (C=O) groups is 4. The number of carbonyl (C=O) groups excluding carboxylic acids is 4. The summed E-state index contributed by atoms with van der Waals surface area (Å²) >= 11 is 3.93. The summed E-state index contributed by atoms with van der Waals surface area (Å²) in [5, 5.41) is 19.6. The van der Waals surface area contributed by atoms with Crippen molar-refractivity contribution >= 4 is 69.0 Å². The third kappa shape index (κ3) is 5.51. The zero-order chi connectivity index (χ0) is 27.6. The number of ether oxygens (including phenoxy) is 1. The van der Waals surface area contributed by atoms with Crippen LogP contribution in [0.1, 0.15) is 23.2 Å². The van der Waals surface area contributed by atoms with Crippen LogP contribution in [0.25, 0.3) is 0 Å². The van der Waals surface area contributed by atoms with Gasteiger partial charge in [0.05, 0.1) is 23.2 Å². The number of aliphatic carboxylic acids is 1. The van der Waals surface area contributed by atoms with E-state index in [1.54, 1.807) is 0 Å². The van der Waals surface area contributed by atoms with Crippen molar-refractivity contribution in [1.29, 1.82) is 0 Å². The Morgan fingerprint density at radius 2 is 2.13 bits per heavy atom. The van der Waals surface area contributed by atoms with Gasteiger partial charge in [0.25, 0.3) is 11.8 Å². The van der Waals surface area contributed by atoms with Gasteiger partial charge in [-0.2, -0.15) is 4.57 Å². The molecule has 2 aromatic heterocycles. The van der Waals surface area contributed by atoms with E-state index in [-0.39, 0.29) is 41.4 Å². The lowest BCUT2D eigenvalue weighted by Gasteiger charge is -2.50. The number of oxime groups is 1. The molecule has 0 bridgehead atoms. The fraction of sp³-hybridized carbons (Fsp3) is 0.409. The van der Waals surface area contributed by atoms with Gasteiger partial charge in [-0.3, -0.25) is 19.3 Å². The van der Waals surface area contributed by atoms with Crippen molar-refractivity contribution in [3.63, 3.8) is 0 Å². The molecule has 2 atom stereocenters. The molecule has 2 amide bonds. The van der Waals surface area contributed by atoms with Gasteiger partial charge in [0, 0.05) is 37.0 Å². The SMILES string of the molecule is CO/N=C(\C(=O)N[C@@H]1C(=O)N2C(C(=O)[O-])=C(C[n+]3csc(CCOC(C)=O)c3C)CS[C@H]12)c1csc(N)n1. The molecule has 0 saturated carbocycles. The van der Waals surface area contributed by atoms with Gasteiger partial charge in [0.2, 0.25) is 5.51 Å². The number of hydrogen-bond acceptors (Lipinski definition) is 13. The molecule has 3 N–H and O–H groups in total. The Bertz CT molecular complexity index is 1350. The predicted octanol–water partition coefficient (Wildman–Crippen LogP) is -1.06. The van der Waals surface area contributed by atoms with Crippen molar-refractivity contribution in [3.8, 4) is 0 Å². The summed E-state index contributed by atoms with van der Waals surface area (Å²) in [5.41, 5.74) is 8.78. The van der Waals surface area contributed by atoms with E-state index < -0.39 is 29.2 Å². The Morgan fingerprint density at radius 1 is 1.37 bits per heavy atom. The monoisotopic (exact) mass is 580 g/mol. The second kappa shape index (κ2) is 11.5. The summed E-state index contributed by atoms with van der Waals surface area (Å²) in [4.78, 5) is 60.0. The number of esters is 1. The van der Waals surface area contributed by atoms with Gasteiger partial charge in [-0.25, -0.2) is 4.98 Å². The maximum atomic E-state index is 13.0. The molecule has 0 aliphatic carbocycles. The number of rotatable bonds is 10. The first-order valence-corrected chi connectivity index (χ1v) is 14.0. The smallest absolute Gasteiger partial charge is 0.302 e. The van der Waals surface area contributed by atoms with Crippen molar-refractivity contribution in [3.05, 3.63) is 38.4 Å². The standard InChI is InChI=1S/C22H24N6O7S3/c1-10-14(4-5-35-11(2)29)38-9-27(10)6-12-7-36-20-16(19(31)28(20)17(12)21(32)33)25-18(30)15(26-34-3)13-8-37-22(23)24-13/h8-9,16,20H,4-7H2,1-3H3,(H3-,23,24,25,30,32,33)/b26-15-/t16-,20-/m1/s1. The Hall–Kier alpha value is -3.50. The minimum Gasteiger partial charge on any atom is -0.543 e. The van der Waals surface area contributed by atoms with Gasteiger partial charge in [0.1, 0.15) is 24.2 Å². The molecule has 0 radical (unpaired) electrons. The van der Waals surface area contributed by atoms with Gasteiger partial charge in [-0.05, 0) is 0 Å². The second-order valence-corrected chi connectivity index (χ2v) is 11.2. The number of fused-ring (bicyclic) bond motifs is 1. The van der Waals surface area contributed by atoms with Crippen molar-refractivity contribution in [2.24, 2.45) is 5.16 Å². The second-order valence-electron chi connectivity index (χ2n) is 8.24. The van der Waals surface area contributed by atoms with Gasteiger partial charge in [-0.15, -0.1) is 23.1 Å². The van der Waals surface area contributed by atoms with Crippen LogP contribution in [0.4, 0.5) is 5.13 Å². The molecule has 2 aliphatic heterocycles. The van der Waals surface area contributed by atoms with Crippen molar-refractivity contribution in [1.82, 2.24) is 15.2 Å². The fourth-order valence-corrected chi connectivity index (χ4v) is 6.89. The molecule has 2 aromatic rings. The van der Waals surface area contributed by atoms with Crippen molar-refractivity contribution in [2.75, 3.05) is 25.2 Å². The first-order chi connectivity index (χ1) is 18.1. The molecule has 202 valence electrons. The number of thiazole rings is 2. The van der Waals surface area contributed by atoms with Crippen LogP contribution in [0.5, 0.6) is 0 Å². The van der Waals surface area contributed by atoms with Crippen LogP contribution in [-0.2, 0) is 41.7 Å². The predicted molar refractivity (Wildman–Crippen MR) is 137 cm³/mol. The lowest BCUT2D eigenvalue weighted by molar-refractivity contribution is -0.690. The van der Waals surface area contributed by atoms with E-state index in [1.807, 2.05) is 17.0 Å². The highest BCUT2D eigenvalue weighted by Gasteiger charge is 2.53. The highest BCUT2D eigenvalue weighted by atomic mass is 32.2. The summed E-state index contributed by atoms with van der Waals surface area (Å²) in [6.07, 6.45) is 0.542. The van der Waals surface area contributed by atoms with Crippen LogP contribution in [0.2, 0.25) is 0 Å². The van der Waals surface area contributed by atoms with Crippen LogP contribution in [0, 0.1) is 6.92 Å². The van der Waals surface area contributed by atoms with E-state index in [1.165, 1.54) is 42.5 Å².